The average molecular weight is 340 g/mol. The van der Waals surface area contributed by atoms with Crippen molar-refractivity contribution in [3.8, 4) is 0 Å². The van der Waals surface area contributed by atoms with Gasteiger partial charge in [-0.2, -0.15) is 0 Å². The topological polar surface area (TPSA) is 86.7 Å². The number of sulfonamides is 1. The van der Waals surface area contributed by atoms with Gasteiger partial charge in [-0.1, -0.05) is 12.5 Å². The predicted octanol–water partition coefficient (Wildman–Crippen LogP) is 1.93. The summed E-state index contributed by atoms with van der Waals surface area (Å²) < 4.78 is 27.3. The van der Waals surface area contributed by atoms with Gasteiger partial charge in [0.25, 0.3) is 0 Å². The molecule has 6 nitrogen and oxygen atoms in total. The van der Waals surface area contributed by atoms with E-state index in [0.29, 0.717) is 12.6 Å². The predicted molar refractivity (Wildman–Crippen MR) is 88.1 cm³/mol. The van der Waals surface area contributed by atoms with Crippen molar-refractivity contribution in [2.45, 2.75) is 50.1 Å². The summed E-state index contributed by atoms with van der Waals surface area (Å²) in [5.41, 5.74) is -0.0365. The molecule has 1 saturated heterocycles. The van der Waals surface area contributed by atoms with Gasteiger partial charge in [0.2, 0.25) is 10.0 Å². The standard InChI is InChI=1S/C16H24N2O4S/c1-12-6-3-4-9-18(12)13(2)11-17-23(21,22)15-8-5-7-14(10-15)16(19)20/h5,7-8,10,12-13,17H,3-4,6,9,11H2,1-2H3,(H,19,20). The molecule has 1 fully saturated rings. The maximum Gasteiger partial charge on any atom is 0.335 e. The maximum absolute atomic E-state index is 12.4. The fraction of sp³-hybridized carbons (Fsp3) is 0.562. The second-order valence-electron chi connectivity index (χ2n) is 6.12. The molecule has 1 aromatic carbocycles. The molecule has 1 aliphatic rings. The Bertz CT molecular complexity index is 660. The average Bonchev–Trinajstić information content (AvgIpc) is 2.53. The number of carbonyl (C=O) groups is 1. The third-order valence-electron chi connectivity index (χ3n) is 4.38. The van der Waals surface area contributed by atoms with Crippen LogP contribution in [0.15, 0.2) is 29.2 Å². The Hall–Kier alpha value is -1.44. The van der Waals surface area contributed by atoms with Crippen LogP contribution in [0.3, 0.4) is 0 Å². The van der Waals surface area contributed by atoms with Gasteiger partial charge in [0.05, 0.1) is 10.5 Å². The molecule has 2 atom stereocenters. The van der Waals surface area contributed by atoms with Crippen LogP contribution in [0, 0.1) is 0 Å². The Morgan fingerprint density at radius 1 is 1.43 bits per heavy atom. The first kappa shape index (κ1) is 17.9. The largest absolute Gasteiger partial charge is 0.478 e. The molecule has 0 saturated carbocycles. The zero-order valence-corrected chi connectivity index (χ0v) is 14.3. The van der Waals surface area contributed by atoms with Crippen LogP contribution in [0.4, 0.5) is 0 Å². The fourth-order valence-electron chi connectivity index (χ4n) is 3.00. The van der Waals surface area contributed by atoms with Crippen molar-refractivity contribution in [2.24, 2.45) is 0 Å². The summed E-state index contributed by atoms with van der Waals surface area (Å²) in [5, 5.41) is 8.97. The second-order valence-corrected chi connectivity index (χ2v) is 7.88. The lowest BCUT2D eigenvalue weighted by Crippen LogP contribution is -2.48. The molecule has 2 unspecified atom stereocenters. The van der Waals surface area contributed by atoms with E-state index in [1.165, 1.54) is 30.7 Å². The van der Waals surface area contributed by atoms with Crippen LogP contribution in [0.2, 0.25) is 0 Å². The summed E-state index contributed by atoms with van der Waals surface area (Å²) in [7, 11) is -3.71. The highest BCUT2D eigenvalue weighted by atomic mass is 32.2. The Kier molecular flexibility index (Phi) is 5.78. The summed E-state index contributed by atoms with van der Waals surface area (Å²) in [6.07, 6.45) is 3.50. The molecular weight excluding hydrogens is 316 g/mol. The van der Waals surface area contributed by atoms with Crippen molar-refractivity contribution in [3.63, 3.8) is 0 Å². The van der Waals surface area contributed by atoms with E-state index < -0.39 is 16.0 Å². The monoisotopic (exact) mass is 340 g/mol. The number of carboxylic acid groups (broad SMARTS) is 1. The number of nitrogens with one attached hydrogen (secondary N) is 1. The van der Waals surface area contributed by atoms with Crippen molar-refractivity contribution in [1.82, 2.24) is 9.62 Å². The van der Waals surface area contributed by atoms with Gasteiger partial charge in [-0.15, -0.1) is 0 Å². The number of benzene rings is 1. The maximum atomic E-state index is 12.4. The number of piperidine rings is 1. The number of aromatic carboxylic acids is 1. The minimum atomic E-state index is -3.71. The van der Waals surface area contributed by atoms with E-state index in [0.717, 1.165) is 19.4 Å². The smallest absolute Gasteiger partial charge is 0.335 e. The zero-order chi connectivity index (χ0) is 17.0. The van der Waals surface area contributed by atoms with E-state index in [-0.39, 0.29) is 16.5 Å². The van der Waals surface area contributed by atoms with E-state index in [1.807, 2.05) is 6.92 Å². The molecule has 0 aromatic heterocycles. The highest BCUT2D eigenvalue weighted by Gasteiger charge is 2.24. The third-order valence-corrected chi connectivity index (χ3v) is 5.80. The number of rotatable bonds is 6. The Morgan fingerprint density at radius 3 is 2.83 bits per heavy atom. The van der Waals surface area contributed by atoms with Crippen LogP contribution in [-0.4, -0.2) is 49.6 Å². The van der Waals surface area contributed by atoms with E-state index in [1.54, 1.807) is 0 Å². The molecule has 0 amide bonds. The molecule has 1 aliphatic heterocycles. The summed E-state index contributed by atoms with van der Waals surface area (Å²) >= 11 is 0. The minimum absolute atomic E-state index is 0.0173. The van der Waals surface area contributed by atoms with Crippen molar-refractivity contribution in [2.75, 3.05) is 13.1 Å². The number of carboxylic acids is 1. The highest BCUT2D eigenvalue weighted by molar-refractivity contribution is 7.89. The lowest BCUT2D eigenvalue weighted by Gasteiger charge is -2.38. The van der Waals surface area contributed by atoms with Gasteiger partial charge in [0.15, 0.2) is 0 Å². The molecule has 0 spiro atoms. The van der Waals surface area contributed by atoms with Gasteiger partial charge < -0.3 is 5.11 Å². The van der Waals surface area contributed by atoms with Crippen LogP contribution < -0.4 is 4.72 Å². The zero-order valence-electron chi connectivity index (χ0n) is 13.5. The SMILES string of the molecule is CC1CCCCN1C(C)CNS(=O)(=O)c1cccc(C(=O)O)c1. The minimum Gasteiger partial charge on any atom is -0.478 e. The number of hydrogen-bond donors (Lipinski definition) is 2. The molecular formula is C16H24N2O4S. The highest BCUT2D eigenvalue weighted by Crippen LogP contribution is 2.19. The number of nitrogens with zero attached hydrogens (tertiary/aromatic N) is 1. The Balaban J connectivity index is 2.03. The molecule has 23 heavy (non-hydrogen) atoms. The van der Waals surface area contributed by atoms with Crippen LogP contribution >= 0.6 is 0 Å². The lowest BCUT2D eigenvalue weighted by atomic mass is 10.0. The molecule has 128 valence electrons. The molecule has 1 aromatic rings. The van der Waals surface area contributed by atoms with Crippen molar-refractivity contribution in [1.29, 1.82) is 0 Å². The van der Waals surface area contributed by atoms with Crippen LogP contribution in [0.5, 0.6) is 0 Å². The lowest BCUT2D eigenvalue weighted by molar-refractivity contribution is 0.0696. The van der Waals surface area contributed by atoms with Gasteiger partial charge in [0.1, 0.15) is 0 Å². The third kappa shape index (κ3) is 4.53. The second kappa shape index (κ2) is 7.42. The molecule has 0 radical (unpaired) electrons. The molecule has 0 aliphatic carbocycles. The Labute approximate surface area is 137 Å². The van der Waals surface area contributed by atoms with Gasteiger partial charge in [-0.25, -0.2) is 17.9 Å². The first-order valence-corrected chi connectivity index (χ1v) is 9.38. The van der Waals surface area contributed by atoms with E-state index in [2.05, 4.69) is 16.5 Å². The van der Waals surface area contributed by atoms with Crippen molar-refractivity contribution in [3.05, 3.63) is 29.8 Å². The van der Waals surface area contributed by atoms with E-state index >= 15 is 0 Å². The van der Waals surface area contributed by atoms with Gasteiger partial charge in [-0.05, 0) is 51.4 Å². The number of likely N-dealkylation sites (tertiary alicyclic amines) is 1. The summed E-state index contributed by atoms with van der Waals surface area (Å²) in [6.45, 7) is 5.47. The first-order chi connectivity index (χ1) is 10.8. The van der Waals surface area contributed by atoms with E-state index in [4.69, 9.17) is 5.11 Å². The van der Waals surface area contributed by atoms with Gasteiger partial charge in [0, 0.05) is 18.6 Å². The summed E-state index contributed by atoms with van der Waals surface area (Å²) in [6, 6.07) is 5.95. The number of hydrogen-bond acceptors (Lipinski definition) is 4. The molecule has 0 bridgehead atoms. The van der Waals surface area contributed by atoms with Crippen LogP contribution in [0.1, 0.15) is 43.5 Å². The Morgan fingerprint density at radius 2 is 2.17 bits per heavy atom. The van der Waals surface area contributed by atoms with E-state index in [9.17, 15) is 13.2 Å². The fourth-order valence-corrected chi connectivity index (χ4v) is 4.17. The quantitative estimate of drug-likeness (QED) is 0.826. The molecule has 2 rings (SSSR count). The summed E-state index contributed by atoms with van der Waals surface area (Å²) in [5.74, 6) is -1.14. The van der Waals surface area contributed by atoms with Crippen molar-refractivity contribution < 1.29 is 18.3 Å². The first-order valence-electron chi connectivity index (χ1n) is 7.90. The van der Waals surface area contributed by atoms with Crippen molar-refractivity contribution >= 4 is 16.0 Å². The van der Waals surface area contributed by atoms with Crippen LogP contribution in [0.25, 0.3) is 0 Å². The molecule has 2 N–H and O–H groups in total. The molecule has 7 heteroatoms. The van der Waals surface area contributed by atoms with Gasteiger partial charge >= 0.3 is 5.97 Å². The van der Waals surface area contributed by atoms with Gasteiger partial charge in [-0.3, -0.25) is 4.90 Å². The molecule has 1 heterocycles. The summed E-state index contributed by atoms with van der Waals surface area (Å²) in [4.78, 5) is 13.3. The normalized spacial score (nSPS) is 21.0. The van der Waals surface area contributed by atoms with Crippen LogP contribution in [-0.2, 0) is 10.0 Å².